The van der Waals surface area contributed by atoms with Crippen molar-refractivity contribution in [3.05, 3.63) is 78.1 Å². The number of carbonyl (C=O) groups excluding carboxylic acids is 2. The molecular weight excluding hydrogens is 431 g/mol. The molecule has 0 aliphatic carbocycles. The van der Waals surface area contributed by atoms with Crippen molar-refractivity contribution in [1.29, 1.82) is 0 Å². The van der Waals surface area contributed by atoms with E-state index in [-0.39, 0.29) is 33.7 Å². The fourth-order valence-corrected chi connectivity index (χ4v) is 3.30. The number of alkyl halides is 3. The van der Waals surface area contributed by atoms with E-state index in [0.29, 0.717) is 11.3 Å². The highest BCUT2D eigenvalue weighted by Crippen LogP contribution is 2.38. The average Bonchev–Trinajstić information content (AvgIpc) is 2.74. The lowest BCUT2D eigenvalue weighted by atomic mass is 10.2. The van der Waals surface area contributed by atoms with Gasteiger partial charge < -0.3 is 15.4 Å². The van der Waals surface area contributed by atoms with E-state index in [4.69, 9.17) is 4.74 Å². The van der Waals surface area contributed by atoms with E-state index in [2.05, 4.69) is 15.6 Å². The molecule has 1 heterocycles. The molecule has 31 heavy (non-hydrogen) atoms. The molecule has 1 aromatic heterocycles. The lowest BCUT2D eigenvalue weighted by Gasteiger charge is -2.14. The zero-order chi connectivity index (χ0) is 22.4. The van der Waals surface area contributed by atoms with Gasteiger partial charge in [-0.15, -0.1) is 0 Å². The summed E-state index contributed by atoms with van der Waals surface area (Å²) < 4.78 is 43.5. The Morgan fingerprint density at radius 2 is 1.77 bits per heavy atom. The van der Waals surface area contributed by atoms with Gasteiger partial charge in [-0.05, 0) is 48.2 Å². The van der Waals surface area contributed by atoms with Crippen LogP contribution in [-0.2, 0) is 0 Å². The normalized spacial score (nSPS) is 11.0. The highest BCUT2D eigenvalue weighted by atomic mass is 32.2. The molecule has 3 rings (SSSR count). The van der Waals surface area contributed by atoms with Crippen LogP contribution in [-0.4, -0.2) is 29.4 Å². The van der Waals surface area contributed by atoms with Crippen molar-refractivity contribution >= 4 is 35.0 Å². The molecule has 10 heteroatoms. The van der Waals surface area contributed by atoms with Gasteiger partial charge >= 0.3 is 5.51 Å². The van der Waals surface area contributed by atoms with Crippen molar-refractivity contribution in [2.24, 2.45) is 0 Å². The van der Waals surface area contributed by atoms with Crippen LogP contribution in [0.3, 0.4) is 0 Å². The van der Waals surface area contributed by atoms with Crippen LogP contribution in [0.4, 0.5) is 24.5 Å². The van der Waals surface area contributed by atoms with Crippen LogP contribution < -0.4 is 15.4 Å². The summed E-state index contributed by atoms with van der Waals surface area (Å²) in [6, 6.07) is 13.1. The molecule has 0 aliphatic rings. The summed E-state index contributed by atoms with van der Waals surface area (Å²) in [7, 11) is 1.38. The standard InChI is InChI=1S/C21H16F3N3O3S/c1-30-17-11-14(8-9-16(17)27-19(28)13-5-4-10-25-12-13)26-20(29)15-6-2-3-7-18(15)31-21(22,23)24/h2-12H,1H3,(H,26,29)(H,27,28). The van der Waals surface area contributed by atoms with Gasteiger partial charge in [0.1, 0.15) is 5.75 Å². The minimum Gasteiger partial charge on any atom is -0.494 e. The number of thioether (sulfide) groups is 1. The van der Waals surface area contributed by atoms with E-state index in [1.807, 2.05) is 0 Å². The summed E-state index contributed by atoms with van der Waals surface area (Å²) in [5.74, 6) is -0.851. The average molecular weight is 447 g/mol. The van der Waals surface area contributed by atoms with Crippen molar-refractivity contribution < 1.29 is 27.5 Å². The van der Waals surface area contributed by atoms with Crippen molar-refractivity contribution in [1.82, 2.24) is 4.98 Å². The Labute approximate surface area is 179 Å². The lowest BCUT2D eigenvalue weighted by molar-refractivity contribution is -0.0328. The van der Waals surface area contributed by atoms with Crippen molar-refractivity contribution in [2.45, 2.75) is 10.4 Å². The molecule has 0 radical (unpaired) electrons. The maximum Gasteiger partial charge on any atom is 0.446 e. The first-order valence-corrected chi connectivity index (χ1v) is 9.64. The van der Waals surface area contributed by atoms with E-state index < -0.39 is 17.3 Å². The molecule has 0 unspecified atom stereocenters. The first-order valence-electron chi connectivity index (χ1n) is 8.82. The van der Waals surface area contributed by atoms with E-state index in [0.717, 1.165) is 0 Å². The molecule has 0 aliphatic heterocycles. The molecular formula is C21H16F3N3O3S. The lowest BCUT2D eigenvalue weighted by Crippen LogP contribution is -2.15. The Balaban J connectivity index is 1.78. The second kappa shape index (κ2) is 9.52. The van der Waals surface area contributed by atoms with Gasteiger partial charge in [0, 0.05) is 29.0 Å². The van der Waals surface area contributed by atoms with E-state index in [9.17, 15) is 22.8 Å². The first kappa shape index (κ1) is 22.2. The predicted octanol–water partition coefficient (Wildman–Crippen LogP) is 5.21. The summed E-state index contributed by atoms with van der Waals surface area (Å²) in [6.07, 6.45) is 2.95. The molecule has 3 aromatic rings. The molecule has 0 fully saturated rings. The minimum atomic E-state index is -4.52. The summed E-state index contributed by atoms with van der Waals surface area (Å²) in [4.78, 5) is 28.5. The number of halogens is 3. The number of benzene rings is 2. The third kappa shape index (κ3) is 5.98. The van der Waals surface area contributed by atoms with Gasteiger partial charge in [0.05, 0.1) is 23.9 Å². The number of anilines is 2. The zero-order valence-corrected chi connectivity index (χ0v) is 16.9. The van der Waals surface area contributed by atoms with Crippen molar-refractivity contribution in [2.75, 3.05) is 17.7 Å². The smallest absolute Gasteiger partial charge is 0.446 e. The Kier molecular flexibility index (Phi) is 6.81. The Morgan fingerprint density at radius 1 is 1.00 bits per heavy atom. The fourth-order valence-electron chi connectivity index (χ4n) is 2.63. The first-order chi connectivity index (χ1) is 14.8. The van der Waals surface area contributed by atoms with Crippen LogP contribution in [0, 0.1) is 0 Å². The van der Waals surface area contributed by atoms with Gasteiger partial charge in [-0.3, -0.25) is 14.6 Å². The number of ether oxygens (including phenoxy) is 1. The molecule has 6 nitrogen and oxygen atoms in total. The van der Waals surface area contributed by atoms with E-state index in [1.165, 1.54) is 55.8 Å². The number of hydrogen-bond acceptors (Lipinski definition) is 5. The molecule has 0 atom stereocenters. The topological polar surface area (TPSA) is 80.3 Å². The van der Waals surface area contributed by atoms with Crippen LogP contribution in [0.2, 0.25) is 0 Å². The van der Waals surface area contributed by atoms with Gasteiger partial charge in [-0.25, -0.2) is 0 Å². The second-order valence-electron chi connectivity index (χ2n) is 6.11. The molecule has 2 amide bonds. The van der Waals surface area contributed by atoms with Crippen LogP contribution in [0.1, 0.15) is 20.7 Å². The van der Waals surface area contributed by atoms with Gasteiger partial charge in [-0.1, -0.05) is 12.1 Å². The number of hydrogen-bond donors (Lipinski definition) is 2. The Hall–Kier alpha value is -3.53. The predicted molar refractivity (Wildman–Crippen MR) is 111 cm³/mol. The summed E-state index contributed by atoms with van der Waals surface area (Å²) in [5, 5.41) is 5.23. The van der Waals surface area contributed by atoms with Crippen LogP contribution in [0.5, 0.6) is 5.75 Å². The van der Waals surface area contributed by atoms with Crippen LogP contribution >= 0.6 is 11.8 Å². The molecule has 0 saturated heterocycles. The molecule has 2 aromatic carbocycles. The molecule has 2 N–H and O–H groups in total. The maximum atomic E-state index is 12.8. The number of methoxy groups -OCH3 is 1. The third-order valence-electron chi connectivity index (χ3n) is 3.99. The van der Waals surface area contributed by atoms with Crippen LogP contribution in [0.25, 0.3) is 0 Å². The monoisotopic (exact) mass is 447 g/mol. The van der Waals surface area contributed by atoms with Crippen molar-refractivity contribution in [3.8, 4) is 5.75 Å². The Morgan fingerprint density at radius 3 is 2.45 bits per heavy atom. The van der Waals surface area contributed by atoms with E-state index >= 15 is 0 Å². The molecule has 0 spiro atoms. The largest absolute Gasteiger partial charge is 0.494 e. The highest BCUT2D eigenvalue weighted by Gasteiger charge is 2.31. The van der Waals surface area contributed by atoms with Crippen molar-refractivity contribution in [3.63, 3.8) is 0 Å². The number of nitrogens with one attached hydrogen (secondary N) is 2. The van der Waals surface area contributed by atoms with Gasteiger partial charge in [0.15, 0.2) is 0 Å². The number of rotatable bonds is 6. The number of amides is 2. The number of pyridine rings is 1. The number of carbonyl (C=O) groups is 2. The molecule has 0 bridgehead atoms. The van der Waals surface area contributed by atoms with Gasteiger partial charge in [0.2, 0.25) is 0 Å². The summed E-state index contributed by atoms with van der Waals surface area (Å²) in [5.41, 5.74) is -3.65. The fraction of sp³-hybridized carbons (Fsp3) is 0.0952. The Bertz CT molecular complexity index is 1090. The quantitative estimate of drug-likeness (QED) is 0.508. The number of aromatic nitrogens is 1. The van der Waals surface area contributed by atoms with Gasteiger partial charge in [0.25, 0.3) is 11.8 Å². The van der Waals surface area contributed by atoms with E-state index in [1.54, 1.807) is 18.3 Å². The third-order valence-corrected chi connectivity index (χ3v) is 4.80. The zero-order valence-electron chi connectivity index (χ0n) is 16.1. The minimum absolute atomic E-state index is 0.113. The molecule has 0 saturated carbocycles. The van der Waals surface area contributed by atoms with Gasteiger partial charge in [-0.2, -0.15) is 13.2 Å². The SMILES string of the molecule is COc1cc(NC(=O)c2ccccc2SC(F)(F)F)ccc1NC(=O)c1cccnc1. The summed E-state index contributed by atoms with van der Waals surface area (Å²) >= 11 is -0.357. The van der Waals surface area contributed by atoms with Crippen LogP contribution in [0.15, 0.2) is 71.9 Å². The second-order valence-corrected chi connectivity index (χ2v) is 7.22. The maximum absolute atomic E-state index is 12.8. The molecule has 160 valence electrons. The number of nitrogens with zero attached hydrogens (tertiary/aromatic N) is 1. The highest BCUT2D eigenvalue weighted by molar-refractivity contribution is 8.00. The summed E-state index contributed by atoms with van der Waals surface area (Å²) in [6.45, 7) is 0.